The highest BCUT2D eigenvalue weighted by Gasteiger charge is 2.23. The number of esters is 1. The summed E-state index contributed by atoms with van der Waals surface area (Å²) in [6.07, 6.45) is 0.0598. The topological polar surface area (TPSA) is 55.4 Å². The molecule has 0 bridgehead atoms. The highest BCUT2D eigenvalue weighted by atomic mass is 16.5. The molecule has 1 aliphatic rings. The van der Waals surface area contributed by atoms with E-state index in [2.05, 4.69) is 5.32 Å². The quantitative estimate of drug-likeness (QED) is 0.500. The van der Waals surface area contributed by atoms with E-state index >= 15 is 0 Å². The number of carbonyl (C=O) groups is 2. The first-order chi connectivity index (χ1) is 4.68. The van der Waals surface area contributed by atoms with Gasteiger partial charge in [-0.2, -0.15) is 0 Å². The molecule has 0 spiro atoms. The van der Waals surface area contributed by atoms with Crippen LogP contribution in [-0.4, -0.2) is 24.5 Å². The molecule has 1 N–H and O–H groups in total. The van der Waals surface area contributed by atoms with Gasteiger partial charge in [-0.1, -0.05) is 0 Å². The van der Waals surface area contributed by atoms with Crippen molar-refractivity contribution in [2.45, 2.75) is 19.4 Å². The number of rotatable bonds is 1. The van der Waals surface area contributed by atoms with E-state index in [1.807, 2.05) is 0 Å². The Kier molecular flexibility index (Phi) is 1.89. The standard InChI is InChI=1S/C6H9NO3/c1-4(8)10-5-2-6(9)7-3-5/h5H,2-3H2,1H3,(H,7,9)/t5-/m1/s1. The van der Waals surface area contributed by atoms with E-state index in [1.54, 1.807) is 0 Å². The number of hydrogen-bond donors (Lipinski definition) is 1. The maximum Gasteiger partial charge on any atom is 0.302 e. The molecule has 56 valence electrons. The summed E-state index contributed by atoms with van der Waals surface area (Å²) in [4.78, 5) is 20.9. The van der Waals surface area contributed by atoms with Gasteiger partial charge in [-0.25, -0.2) is 0 Å². The molecule has 1 aliphatic heterocycles. The summed E-state index contributed by atoms with van der Waals surface area (Å²) in [5, 5.41) is 2.56. The molecule has 0 saturated carbocycles. The van der Waals surface area contributed by atoms with Crippen molar-refractivity contribution in [1.29, 1.82) is 0 Å². The number of amides is 1. The van der Waals surface area contributed by atoms with Crippen LogP contribution in [0, 0.1) is 0 Å². The molecule has 1 fully saturated rings. The van der Waals surface area contributed by atoms with E-state index in [-0.39, 0.29) is 18.0 Å². The number of ether oxygens (including phenoxy) is 1. The van der Waals surface area contributed by atoms with Crippen molar-refractivity contribution in [3.8, 4) is 0 Å². The van der Waals surface area contributed by atoms with Crippen LogP contribution in [0.2, 0.25) is 0 Å². The second kappa shape index (κ2) is 2.68. The van der Waals surface area contributed by atoms with Crippen LogP contribution in [0.25, 0.3) is 0 Å². The van der Waals surface area contributed by atoms with Crippen molar-refractivity contribution in [1.82, 2.24) is 5.32 Å². The highest BCUT2D eigenvalue weighted by Crippen LogP contribution is 2.03. The fourth-order valence-electron chi connectivity index (χ4n) is 0.897. The zero-order valence-corrected chi connectivity index (χ0v) is 5.72. The molecule has 0 radical (unpaired) electrons. The molecule has 0 unspecified atom stereocenters. The Morgan fingerprint density at radius 2 is 2.50 bits per heavy atom. The van der Waals surface area contributed by atoms with E-state index < -0.39 is 0 Å². The summed E-state index contributed by atoms with van der Waals surface area (Å²) >= 11 is 0. The molecule has 1 saturated heterocycles. The van der Waals surface area contributed by atoms with Crippen LogP contribution in [-0.2, 0) is 14.3 Å². The minimum absolute atomic E-state index is 0.0498. The average molecular weight is 143 g/mol. The predicted octanol–water partition coefficient (Wildman–Crippen LogP) is -0.562. The second-order valence-electron chi connectivity index (χ2n) is 2.24. The van der Waals surface area contributed by atoms with E-state index in [0.717, 1.165) is 0 Å². The first kappa shape index (κ1) is 7.05. The third-order valence-corrected chi connectivity index (χ3v) is 1.27. The third kappa shape index (κ3) is 1.72. The summed E-state index contributed by atoms with van der Waals surface area (Å²) in [6.45, 7) is 1.79. The van der Waals surface area contributed by atoms with Crippen molar-refractivity contribution in [3.05, 3.63) is 0 Å². The van der Waals surface area contributed by atoms with Crippen LogP contribution in [0.5, 0.6) is 0 Å². The molecule has 4 nitrogen and oxygen atoms in total. The highest BCUT2D eigenvalue weighted by molar-refractivity contribution is 5.79. The van der Waals surface area contributed by atoms with Crippen LogP contribution in [0.1, 0.15) is 13.3 Å². The maximum absolute atomic E-state index is 10.5. The molecule has 1 rings (SSSR count). The predicted molar refractivity (Wildman–Crippen MR) is 33.2 cm³/mol. The summed E-state index contributed by atoms with van der Waals surface area (Å²) in [6, 6.07) is 0. The van der Waals surface area contributed by atoms with Crippen molar-refractivity contribution in [2.75, 3.05) is 6.54 Å². The van der Waals surface area contributed by atoms with Crippen LogP contribution in [0.3, 0.4) is 0 Å². The molecule has 10 heavy (non-hydrogen) atoms. The SMILES string of the molecule is CC(=O)O[C@H]1CNC(=O)C1. The Labute approximate surface area is 58.5 Å². The molecule has 0 aromatic rings. The first-order valence-corrected chi connectivity index (χ1v) is 3.12. The van der Waals surface area contributed by atoms with Gasteiger partial charge in [0.25, 0.3) is 0 Å². The summed E-state index contributed by atoms with van der Waals surface area (Å²) in [5.41, 5.74) is 0. The van der Waals surface area contributed by atoms with Crippen LogP contribution < -0.4 is 5.32 Å². The van der Waals surface area contributed by atoms with Crippen molar-refractivity contribution in [2.24, 2.45) is 0 Å². The fourth-order valence-corrected chi connectivity index (χ4v) is 0.897. The Hall–Kier alpha value is -1.06. The van der Waals surface area contributed by atoms with Gasteiger partial charge in [0, 0.05) is 6.92 Å². The minimum atomic E-state index is -0.332. The van der Waals surface area contributed by atoms with E-state index in [0.29, 0.717) is 13.0 Å². The van der Waals surface area contributed by atoms with Gasteiger partial charge in [-0.3, -0.25) is 9.59 Å². The Morgan fingerprint density at radius 3 is 2.90 bits per heavy atom. The average Bonchev–Trinajstić information content (AvgIpc) is 2.13. The van der Waals surface area contributed by atoms with Gasteiger partial charge in [0.15, 0.2) is 0 Å². The van der Waals surface area contributed by atoms with Gasteiger partial charge in [0.2, 0.25) is 5.91 Å². The summed E-state index contributed by atoms with van der Waals surface area (Å²) in [7, 11) is 0. The molecular weight excluding hydrogens is 134 g/mol. The lowest BCUT2D eigenvalue weighted by molar-refractivity contribution is -0.145. The van der Waals surface area contributed by atoms with Crippen LogP contribution in [0.15, 0.2) is 0 Å². The molecule has 0 aromatic carbocycles. The van der Waals surface area contributed by atoms with Crippen LogP contribution in [0.4, 0.5) is 0 Å². The Balaban J connectivity index is 2.31. The van der Waals surface area contributed by atoms with Crippen molar-refractivity contribution < 1.29 is 14.3 Å². The monoisotopic (exact) mass is 143 g/mol. The lowest BCUT2D eigenvalue weighted by Crippen LogP contribution is -2.19. The molecule has 4 heteroatoms. The molecule has 1 atom stereocenters. The van der Waals surface area contributed by atoms with Gasteiger partial charge >= 0.3 is 5.97 Å². The largest absolute Gasteiger partial charge is 0.460 e. The van der Waals surface area contributed by atoms with E-state index in [9.17, 15) is 9.59 Å². The van der Waals surface area contributed by atoms with Crippen LogP contribution >= 0.6 is 0 Å². The summed E-state index contributed by atoms with van der Waals surface area (Å²) in [5.74, 6) is -0.382. The number of hydrogen-bond acceptors (Lipinski definition) is 3. The van der Waals surface area contributed by atoms with Gasteiger partial charge < -0.3 is 10.1 Å². The van der Waals surface area contributed by atoms with E-state index in [4.69, 9.17) is 4.74 Å². The fraction of sp³-hybridized carbons (Fsp3) is 0.667. The minimum Gasteiger partial charge on any atom is -0.460 e. The van der Waals surface area contributed by atoms with Gasteiger partial charge in [-0.15, -0.1) is 0 Å². The zero-order chi connectivity index (χ0) is 7.56. The number of carbonyl (C=O) groups excluding carboxylic acids is 2. The Morgan fingerprint density at radius 1 is 1.80 bits per heavy atom. The smallest absolute Gasteiger partial charge is 0.302 e. The second-order valence-corrected chi connectivity index (χ2v) is 2.24. The van der Waals surface area contributed by atoms with Gasteiger partial charge in [-0.05, 0) is 0 Å². The molecule has 1 heterocycles. The first-order valence-electron chi connectivity index (χ1n) is 3.12. The molecule has 0 aliphatic carbocycles. The zero-order valence-electron chi connectivity index (χ0n) is 5.72. The van der Waals surface area contributed by atoms with E-state index in [1.165, 1.54) is 6.92 Å². The molecular formula is C6H9NO3. The van der Waals surface area contributed by atoms with Crippen molar-refractivity contribution >= 4 is 11.9 Å². The van der Waals surface area contributed by atoms with Gasteiger partial charge in [0.1, 0.15) is 6.10 Å². The third-order valence-electron chi connectivity index (χ3n) is 1.27. The van der Waals surface area contributed by atoms with Gasteiger partial charge in [0.05, 0.1) is 13.0 Å². The maximum atomic E-state index is 10.5. The normalized spacial score (nSPS) is 24.1. The molecule has 0 aromatic heterocycles. The lowest BCUT2D eigenvalue weighted by Gasteiger charge is -2.05. The molecule has 1 amide bonds. The lowest BCUT2D eigenvalue weighted by atomic mass is 10.3. The number of nitrogens with one attached hydrogen (secondary N) is 1. The van der Waals surface area contributed by atoms with Crippen molar-refractivity contribution in [3.63, 3.8) is 0 Å². The summed E-state index contributed by atoms with van der Waals surface area (Å²) < 4.78 is 4.76. The Bertz CT molecular complexity index is 166.